The van der Waals surface area contributed by atoms with Gasteiger partial charge in [-0.3, -0.25) is 9.78 Å². The molecule has 0 aliphatic heterocycles. The van der Waals surface area contributed by atoms with Gasteiger partial charge in [0.2, 0.25) is 5.91 Å². The van der Waals surface area contributed by atoms with E-state index in [0.717, 1.165) is 11.3 Å². The van der Waals surface area contributed by atoms with Crippen molar-refractivity contribution in [3.05, 3.63) is 102 Å². The lowest BCUT2D eigenvalue weighted by atomic mass is 9.87. The Bertz CT molecular complexity index is 868. The van der Waals surface area contributed by atoms with Crippen molar-refractivity contribution in [2.45, 2.75) is 18.8 Å². The third-order valence-corrected chi connectivity index (χ3v) is 4.72. The zero-order valence-corrected chi connectivity index (χ0v) is 15.4. The fourth-order valence-corrected chi connectivity index (χ4v) is 3.13. The van der Waals surface area contributed by atoms with Crippen LogP contribution in [0.25, 0.3) is 0 Å². The van der Waals surface area contributed by atoms with Crippen LogP contribution >= 0.6 is 0 Å². The molecule has 3 rings (SSSR count). The van der Waals surface area contributed by atoms with Crippen molar-refractivity contribution in [3.63, 3.8) is 0 Å². The van der Waals surface area contributed by atoms with E-state index < -0.39 is 0 Å². The maximum Gasteiger partial charge on any atom is 0.223 e. The summed E-state index contributed by atoms with van der Waals surface area (Å²) in [5.74, 6) is -0.601. The summed E-state index contributed by atoms with van der Waals surface area (Å²) in [7, 11) is 1.79. The van der Waals surface area contributed by atoms with Gasteiger partial charge in [-0.2, -0.15) is 0 Å². The first kappa shape index (κ1) is 18.8. The van der Waals surface area contributed by atoms with Crippen molar-refractivity contribution in [1.82, 2.24) is 9.88 Å². The van der Waals surface area contributed by atoms with Crippen molar-refractivity contribution < 1.29 is 9.18 Å². The molecule has 0 bridgehead atoms. The second-order valence-corrected chi connectivity index (χ2v) is 6.58. The second kappa shape index (κ2) is 9.08. The van der Waals surface area contributed by atoms with E-state index in [1.807, 2.05) is 54.6 Å². The van der Waals surface area contributed by atoms with E-state index in [1.165, 1.54) is 6.07 Å². The molecule has 0 saturated carbocycles. The molecule has 0 saturated heterocycles. The Hall–Kier alpha value is -3.01. The Morgan fingerprint density at radius 2 is 1.70 bits per heavy atom. The second-order valence-electron chi connectivity index (χ2n) is 6.58. The SMILES string of the molecule is CN(CCc1ccccn1)C(=O)CC(c1ccccc1)c1ccccc1F. The van der Waals surface area contributed by atoms with Crippen molar-refractivity contribution in [1.29, 1.82) is 0 Å². The Morgan fingerprint density at radius 1 is 1.00 bits per heavy atom. The topological polar surface area (TPSA) is 33.2 Å². The van der Waals surface area contributed by atoms with Gasteiger partial charge in [0.05, 0.1) is 0 Å². The lowest BCUT2D eigenvalue weighted by Crippen LogP contribution is -2.30. The van der Waals surface area contributed by atoms with Crippen LogP contribution in [0.5, 0.6) is 0 Å². The standard InChI is InChI=1S/C23H23FN2O/c1-26(16-14-19-11-7-8-15-25-19)23(27)17-21(18-9-3-2-4-10-18)20-12-5-6-13-22(20)24/h2-13,15,21H,14,16-17H2,1H3. The summed E-state index contributed by atoms with van der Waals surface area (Å²) < 4.78 is 14.4. The summed E-state index contributed by atoms with van der Waals surface area (Å²) >= 11 is 0. The molecule has 0 spiro atoms. The van der Waals surface area contributed by atoms with E-state index in [1.54, 1.807) is 30.3 Å². The van der Waals surface area contributed by atoms with Crippen LogP contribution in [-0.4, -0.2) is 29.4 Å². The summed E-state index contributed by atoms with van der Waals surface area (Å²) in [5.41, 5.74) is 2.44. The van der Waals surface area contributed by atoms with E-state index >= 15 is 0 Å². The highest BCUT2D eigenvalue weighted by molar-refractivity contribution is 5.77. The van der Waals surface area contributed by atoms with Crippen molar-refractivity contribution in [2.75, 3.05) is 13.6 Å². The van der Waals surface area contributed by atoms with Crippen LogP contribution in [0.2, 0.25) is 0 Å². The lowest BCUT2D eigenvalue weighted by Gasteiger charge is -2.23. The number of likely N-dealkylation sites (N-methyl/N-ethyl adjacent to an activating group) is 1. The predicted octanol–water partition coefficient (Wildman–Crippen LogP) is 4.44. The molecule has 3 nitrogen and oxygen atoms in total. The molecule has 138 valence electrons. The zero-order valence-electron chi connectivity index (χ0n) is 15.4. The van der Waals surface area contributed by atoms with Crippen molar-refractivity contribution in [2.24, 2.45) is 0 Å². The minimum Gasteiger partial charge on any atom is -0.345 e. The fourth-order valence-electron chi connectivity index (χ4n) is 3.13. The van der Waals surface area contributed by atoms with Gasteiger partial charge >= 0.3 is 0 Å². The highest BCUT2D eigenvalue weighted by atomic mass is 19.1. The lowest BCUT2D eigenvalue weighted by molar-refractivity contribution is -0.130. The first-order chi connectivity index (χ1) is 13.1. The average Bonchev–Trinajstić information content (AvgIpc) is 2.72. The first-order valence-electron chi connectivity index (χ1n) is 9.08. The number of pyridine rings is 1. The molecular formula is C23H23FN2O. The van der Waals surface area contributed by atoms with Gasteiger partial charge in [0.1, 0.15) is 5.82 Å². The third kappa shape index (κ3) is 5.00. The molecule has 0 radical (unpaired) electrons. The Labute approximate surface area is 159 Å². The number of nitrogens with zero attached hydrogens (tertiary/aromatic N) is 2. The zero-order chi connectivity index (χ0) is 19.1. The number of amides is 1. The molecular weight excluding hydrogens is 339 g/mol. The number of benzene rings is 2. The van der Waals surface area contributed by atoms with Gasteiger partial charge < -0.3 is 4.90 Å². The van der Waals surface area contributed by atoms with Crippen LogP contribution < -0.4 is 0 Å². The summed E-state index contributed by atoms with van der Waals surface area (Å²) in [5, 5.41) is 0. The molecule has 0 aliphatic carbocycles. The maximum absolute atomic E-state index is 14.4. The molecule has 27 heavy (non-hydrogen) atoms. The molecule has 4 heteroatoms. The van der Waals surface area contributed by atoms with E-state index in [9.17, 15) is 9.18 Å². The molecule has 1 aromatic heterocycles. The number of rotatable bonds is 7. The molecule has 1 heterocycles. The minimum absolute atomic E-state index is 0.0111. The van der Waals surface area contributed by atoms with Crippen LogP contribution in [0.1, 0.15) is 29.2 Å². The predicted molar refractivity (Wildman–Crippen MR) is 105 cm³/mol. The first-order valence-corrected chi connectivity index (χ1v) is 9.08. The number of hydrogen-bond acceptors (Lipinski definition) is 2. The molecule has 0 N–H and O–H groups in total. The van der Waals surface area contributed by atoms with Gasteiger partial charge in [-0.1, -0.05) is 54.6 Å². The fraction of sp³-hybridized carbons (Fsp3) is 0.217. The van der Waals surface area contributed by atoms with Gasteiger partial charge in [-0.25, -0.2) is 4.39 Å². The Kier molecular flexibility index (Phi) is 6.31. The number of aromatic nitrogens is 1. The normalized spacial score (nSPS) is 11.8. The van der Waals surface area contributed by atoms with Crippen LogP contribution in [0.15, 0.2) is 79.0 Å². The molecule has 1 amide bonds. The van der Waals surface area contributed by atoms with E-state index in [-0.39, 0.29) is 24.1 Å². The highest BCUT2D eigenvalue weighted by Crippen LogP contribution is 2.30. The largest absolute Gasteiger partial charge is 0.345 e. The monoisotopic (exact) mass is 362 g/mol. The molecule has 0 aliphatic rings. The van der Waals surface area contributed by atoms with Crippen LogP contribution in [0, 0.1) is 5.82 Å². The molecule has 1 unspecified atom stereocenters. The van der Waals surface area contributed by atoms with Crippen LogP contribution in [0.4, 0.5) is 4.39 Å². The van der Waals surface area contributed by atoms with E-state index in [0.29, 0.717) is 18.5 Å². The summed E-state index contributed by atoms with van der Waals surface area (Å²) in [4.78, 5) is 18.8. The Balaban J connectivity index is 1.73. The summed E-state index contributed by atoms with van der Waals surface area (Å²) in [6, 6.07) is 22.1. The average molecular weight is 362 g/mol. The van der Waals surface area contributed by atoms with Crippen molar-refractivity contribution >= 4 is 5.91 Å². The summed E-state index contributed by atoms with van der Waals surface area (Å²) in [6.45, 7) is 0.578. The molecule has 3 aromatic rings. The van der Waals surface area contributed by atoms with Gasteiger partial charge in [0.15, 0.2) is 0 Å². The maximum atomic E-state index is 14.4. The smallest absolute Gasteiger partial charge is 0.223 e. The minimum atomic E-state index is -0.308. The molecule has 0 fully saturated rings. The third-order valence-electron chi connectivity index (χ3n) is 4.72. The number of hydrogen-bond donors (Lipinski definition) is 0. The van der Waals surface area contributed by atoms with E-state index in [4.69, 9.17) is 0 Å². The number of carbonyl (C=O) groups excluding carboxylic acids is 1. The number of carbonyl (C=O) groups is 1. The van der Waals surface area contributed by atoms with Crippen LogP contribution in [0.3, 0.4) is 0 Å². The van der Waals surface area contributed by atoms with Gasteiger partial charge in [-0.15, -0.1) is 0 Å². The molecule has 2 aromatic carbocycles. The van der Waals surface area contributed by atoms with Crippen molar-refractivity contribution in [3.8, 4) is 0 Å². The van der Waals surface area contributed by atoms with Crippen LogP contribution in [-0.2, 0) is 11.2 Å². The van der Waals surface area contributed by atoms with E-state index in [2.05, 4.69) is 4.98 Å². The summed E-state index contributed by atoms with van der Waals surface area (Å²) in [6.07, 6.45) is 2.67. The Morgan fingerprint density at radius 3 is 2.41 bits per heavy atom. The van der Waals surface area contributed by atoms with Gasteiger partial charge in [-0.05, 0) is 29.3 Å². The van der Waals surface area contributed by atoms with Gasteiger partial charge in [0, 0.05) is 44.2 Å². The van der Waals surface area contributed by atoms with Gasteiger partial charge in [0.25, 0.3) is 0 Å². The molecule has 1 atom stereocenters. The highest BCUT2D eigenvalue weighted by Gasteiger charge is 2.22. The number of halogens is 1. The quantitative estimate of drug-likeness (QED) is 0.622.